The Bertz CT molecular complexity index is 392. The van der Waals surface area contributed by atoms with Crippen LogP contribution in [0.1, 0.15) is 38.1 Å². The van der Waals surface area contributed by atoms with Gasteiger partial charge in [-0.25, -0.2) is 4.79 Å². The summed E-state index contributed by atoms with van der Waals surface area (Å²) in [6, 6.07) is 1.97. The van der Waals surface area contributed by atoms with Crippen LogP contribution in [0.3, 0.4) is 0 Å². The minimum Gasteiger partial charge on any atom is -0.463 e. The highest BCUT2D eigenvalue weighted by Gasteiger charge is 2.06. The molecule has 0 atom stereocenters. The Morgan fingerprint density at radius 1 is 1.62 bits per heavy atom. The average Bonchev–Trinajstić information content (AvgIpc) is 2.58. The molecule has 0 fully saturated rings. The lowest BCUT2D eigenvalue weighted by Crippen LogP contribution is -1.99. The number of rotatable bonds is 4. The Morgan fingerprint density at radius 3 is 2.81 bits per heavy atom. The first-order valence-corrected chi connectivity index (χ1v) is 5.43. The first-order chi connectivity index (χ1) is 7.54. The minimum atomic E-state index is -0.324. The van der Waals surface area contributed by atoms with Gasteiger partial charge in [0.25, 0.3) is 0 Å². The maximum atomic E-state index is 11.1. The van der Waals surface area contributed by atoms with Crippen LogP contribution in [0.4, 0.5) is 0 Å². The lowest BCUT2D eigenvalue weighted by molar-refractivity contribution is -0.137. The zero-order chi connectivity index (χ0) is 12.1. The predicted octanol–water partition coefficient (Wildman–Crippen LogP) is 2.12. The van der Waals surface area contributed by atoms with Gasteiger partial charge in [-0.2, -0.15) is 5.10 Å². The number of nitrogens with zero attached hydrogens (tertiary/aromatic N) is 2. The van der Waals surface area contributed by atoms with Gasteiger partial charge >= 0.3 is 5.97 Å². The van der Waals surface area contributed by atoms with Gasteiger partial charge < -0.3 is 4.74 Å². The molecule has 1 rings (SSSR count). The molecule has 0 bridgehead atoms. The summed E-state index contributed by atoms with van der Waals surface area (Å²) < 4.78 is 6.56. The van der Waals surface area contributed by atoms with Gasteiger partial charge in [-0.15, -0.1) is 0 Å². The molecular formula is C12H18N2O2. The van der Waals surface area contributed by atoms with Crippen molar-refractivity contribution in [2.24, 2.45) is 7.05 Å². The number of esters is 1. The molecule has 0 saturated carbocycles. The highest BCUT2D eigenvalue weighted by atomic mass is 16.5. The standard InChI is InChI=1S/C12H18N2O2/c1-5-16-12(15)7-6-10-8-11(9(2)3)13-14(10)4/h6-9H,5H2,1-4H3/b7-6+. The Balaban J connectivity index is 2.77. The number of carbonyl (C=O) groups is 1. The molecule has 0 saturated heterocycles. The van der Waals surface area contributed by atoms with Crippen molar-refractivity contribution in [1.82, 2.24) is 9.78 Å². The van der Waals surface area contributed by atoms with Crippen LogP contribution < -0.4 is 0 Å². The van der Waals surface area contributed by atoms with E-state index in [1.807, 2.05) is 13.1 Å². The molecule has 0 N–H and O–H groups in total. The van der Waals surface area contributed by atoms with Gasteiger partial charge in [0.2, 0.25) is 0 Å². The van der Waals surface area contributed by atoms with E-state index in [-0.39, 0.29) is 5.97 Å². The van der Waals surface area contributed by atoms with Crippen molar-refractivity contribution in [3.8, 4) is 0 Å². The number of ether oxygens (including phenoxy) is 1. The fourth-order valence-corrected chi connectivity index (χ4v) is 1.29. The van der Waals surface area contributed by atoms with E-state index >= 15 is 0 Å². The summed E-state index contributed by atoms with van der Waals surface area (Å²) in [7, 11) is 1.86. The number of carbonyl (C=O) groups excluding carboxylic acids is 1. The van der Waals surface area contributed by atoms with Crippen molar-refractivity contribution in [3.05, 3.63) is 23.5 Å². The molecule has 4 heteroatoms. The van der Waals surface area contributed by atoms with Crippen molar-refractivity contribution in [2.75, 3.05) is 6.61 Å². The molecule has 0 aliphatic carbocycles. The maximum absolute atomic E-state index is 11.1. The lowest BCUT2D eigenvalue weighted by atomic mass is 10.1. The molecule has 1 heterocycles. The van der Waals surface area contributed by atoms with E-state index < -0.39 is 0 Å². The van der Waals surface area contributed by atoms with Gasteiger partial charge in [0.15, 0.2) is 0 Å². The van der Waals surface area contributed by atoms with Crippen molar-refractivity contribution in [1.29, 1.82) is 0 Å². The van der Waals surface area contributed by atoms with Crippen molar-refractivity contribution < 1.29 is 9.53 Å². The fourth-order valence-electron chi connectivity index (χ4n) is 1.29. The van der Waals surface area contributed by atoms with Crippen LogP contribution >= 0.6 is 0 Å². The molecule has 0 aliphatic rings. The van der Waals surface area contributed by atoms with Gasteiger partial charge in [-0.05, 0) is 25.0 Å². The second-order valence-corrected chi connectivity index (χ2v) is 3.86. The Morgan fingerprint density at radius 2 is 2.31 bits per heavy atom. The van der Waals surface area contributed by atoms with Gasteiger partial charge in [-0.1, -0.05) is 13.8 Å². The van der Waals surface area contributed by atoms with Crippen LogP contribution in [0.15, 0.2) is 12.1 Å². The Kier molecular flexibility index (Phi) is 4.28. The number of aryl methyl sites for hydroxylation is 1. The molecule has 88 valence electrons. The van der Waals surface area contributed by atoms with Crippen molar-refractivity contribution in [3.63, 3.8) is 0 Å². The molecule has 0 amide bonds. The summed E-state index contributed by atoms with van der Waals surface area (Å²) >= 11 is 0. The molecular weight excluding hydrogens is 204 g/mol. The quantitative estimate of drug-likeness (QED) is 0.579. The molecule has 0 unspecified atom stereocenters. The molecule has 1 aromatic heterocycles. The van der Waals surface area contributed by atoms with E-state index in [1.165, 1.54) is 6.08 Å². The highest BCUT2D eigenvalue weighted by molar-refractivity contribution is 5.86. The van der Waals surface area contributed by atoms with Crippen LogP contribution in [0.5, 0.6) is 0 Å². The third-order valence-electron chi connectivity index (χ3n) is 2.20. The Labute approximate surface area is 95.9 Å². The van der Waals surface area contributed by atoms with E-state index in [0.717, 1.165) is 11.4 Å². The third kappa shape index (κ3) is 3.22. The second kappa shape index (κ2) is 5.49. The average molecular weight is 222 g/mol. The molecule has 0 radical (unpaired) electrons. The van der Waals surface area contributed by atoms with Crippen molar-refractivity contribution >= 4 is 12.0 Å². The monoisotopic (exact) mass is 222 g/mol. The van der Waals surface area contributed by atoms with Crippen LogP contribution in [0.2, 0.25) is 0 Å². The van der Waals surface area contributed by atoms with Crippen LogP contribution in [0.25, 0.3) is 6.08 Å². The molecule has 0 aliphatic heterocycles. The Hall–Kier alpha value is -1.58. The summed E-state index contributed by atoms with van der Waals surface area (Å²) in [5.74, 6) is 0.0609. The maximum Gasteiger partial charge on any atom is 0.330 e. The molecule has 0 aromatic carbocycles. The topological polar surface area (TPSA) is 44.1 Å². The number of aromatic nitrogens is 2. The zero-order valence-electron chi connectivity index (χ0n) is 10.2. The van der Waals surface area contributed by atoms with E-state index in [9.17, 15) is 4.79 Å². The minimum absolute atomic E-state index is 0.324. The fraction of sp³-hybridized carbons (Fsp3) is 0.500. The SMILES string of the molecule is CCOC(=O)/C=C/c1cc(C(C)C)nn1C. The molecule has 1 aromatic rings. The van der Waals surface area contributed by atoms with Gasteiger partial charge in [0.1, 0.15) is 0 Å². The smallest absolute Gasteiger partial charge is 0.330 e. The molecule has 4 nitrogen and oxygen atoms in total. The van der Waals surface area contributed by atoms with E-state index in [2.05, 4.69) is 18.9 Å². The summed E-state index contributed by atoms with van der Waals surface area (Å²) in [4.78, 5) is 11.1. The van der Waals surface area contributed by atoms with Gasteiger partial charge in [0, 0.05) is 13.1 Å². The van der Waals surface area contributed by atoms with Gasteiger partial charge in [0.05, 0.1) is 18.0 Å². The van der Waals surface area contributed by atoms with E-state index in [0.29, 0.717) is 12.5 Å². The van der Waals surface area contributed by atoms with Crippen LogP contribution in [0, 0.1) is 0 Å². The molecule has 16 heavy (non-hydrogen) atoms. The second-order valence-electron chi connectivity index (χ2n) is 3.86. The first kappa shape index (κ1) is 12.5. The molecule has 0 spiro atoms. The third-order valence-corrected chi connectivity index (χ3v) is 2.20. The normalized spacial score (nSPS) is 11.3. The van der Waals surface area contributed by atoms with E-state index in [1.54, 1.807) is 17.7 Å². The van der Waals surface area contributed by atoms with Crippen molar-refractivity contribution in [2.45, 2.75) is 26.7 Å². The highest BCUT2D eigenvalue weighted by Crippen LogP contribution is 2.14. The summed E-state index contributed by atoms with van der Waals surface area (Å²) in [6.45, 7) is 6.35. The van der Waals surface area contributed by atoms with Crippen LogP contribution in [-0.4, -0.2) is 22.4 Å². The number of hydrogen-bond acceptors (Lipinski definition) is 3. The van der Waals surface area contributed by atoms with E-state index in [4.69, 9.17) is 4.74 Å². The lowest BCUT2D eigenvalue weighted by Gasteiger charge is -1.96. The largest absolute Gasteiger partial charge is 0.463 e. The van der Waals surface area contributed by atoms with Gasteiger partial charge in [-0.3, -0.25) is 4.68 Å². The zero-order valence-corrected chi connectivity index (χ0v) is 10.2. The first-order valence-electron chi connectivity index (χ1n) is 5.43. The van der Waals surface area contributed by atoms with Crippen LogP contribution in [-0.2, 0) is 16.6 Å². The summed E-state index contributed by atoms with van der Waals surface area (Å²) in [5, 5.41) is 4.35. The summed E-state index contributed by atoms with van der Waals surface area (Å²) in [5.41, 5.74) is 1.92. The number of hydrogen-bond donors (Lipinski definition) is 0. The summed E-state index contributed by atoms with van der Waals surface area (Å²) in [6.07, 6.45) is 3.14. The predicted molar refractivity (Wildman–Crippen MR) is 63.0 cm³/mol.